The molecule has 1 aliphatic rings. The molecule has 0 atom stereocenters. The third-order valence-corrected chi connectivity index (χ3v) is 6.05. The van der Waals surface area contributed by atoms with E-state index >= 15 is 0 Å². The van der Waals surface area contributed by atoms with Crippen LogP contribution in [0.2, 0.25) is 0 Å². The van der Waals surface area contributed by atoms with Crippen molar-refractivity contribution in [1.82, 2.24) is 4.98 Å². The molecule has 34 heavy (non-hydrogen) atoms. The van der Waals surface area contributed by atoms with E-state index < -0.39 is 18.6 Å². The molecule has 0 bridgehead atoms. The molecule has 0 aliphatic heterocycles. The Morgan fingerprint density at radius 2 is 1.88 bits per heavy atom. The second-order valence-electron chi connectivity index (χ2n) is 8.60. The number of hydrogen-bond donors (Lipinski definition) is 2. The fourth-order valence-electron chi connectivity index (χ4n) is 4.30. The van der Waals surface area contributed by atoms with E-state index in [0.717, 1.165) is 11.3 Å². The van der Waals surface area contributed by atoms with Gasteiger partial charge in [0.15, 0.2) is 0 Å². The molecular weight excluding hydrogens is 441 g/mol. The molecule has 9 heteroatoms. The third kappa shape index (κ3) is 5.95. The van der Waals surface area contributed by atoms with Gasteiger partial charge in [0, 0.05) is 17.8 Å². The fraction of sp³-hybridized carbons (Fsp3) is 0.480. The number of aromatic nitrogens is 1. The molecule has 1 heterocycles. The van der Waals surface area contributed by atoms with E-state index in [1.807, 2.05) is 24.3 Å². The summed E-state index contributed by atoms with van der Waals surface area (Å²) in [6, 6.07) is 10.4. The van der Waals surface area contributed by atoms with Crippen molar-refractivity contribution in [3.05, 3.63) is 42.0 Å². The van der Waals surface area contributed by atoms with Crippen molar-refractivity contribution in [2.75, 3.05) is 30.6 Å². The van der Waals surface area contributed by atoms with Crippen LogP contribution in [0.4, 0.5) is 20.6 Å². The Kier molecular flexibility index (Phi) is 8.67. The number of anilines is 2. The highest BCUT2D eigenvalue weighted by atomic mass is 19.1. The minimum absolute atomic E-state index is 0.0667. The van der Waals surface area contributed by atoms with Gasteiger partial charge in [-0.05, 0) is 49.3 Å². The molecule has 1 aliphatic carbocycles. The van der Waals surface area contributed by atoms with Crippen LogP contribution in [0.15, 0.2) is 36.4 Å². The maximum absolute atomic E-state index is 13.7. The van der Waals surface area contributed by atoms with Crippen molar-refractivity contribution in [3.63, 3.8) is 0 Å². The molecule has 3 rings (SSSR count). The van der Waals surface area contributed by atoms with Crippen molar-refractivity contribution >= 4 is 23.4 Å². The van der Waals surface area contributed by atoms with Crippen LogP contribution in [0.3, 0.4) is 0 Å². The first-order chi connectivity index (χ1) is 16.3. The summed E-state index contributed by atoms with van der Waals surface area (Å²) in [7, 11) is 1.46. The Morgan fingerprint density at radius 1 is 1.18 bits per heavy atom. The molecule has 0 unspecified atom stereocenters. The zero-order chi connectivity index (χ0) is 24.7. The molecule has 0 spiro atoms. The van der Waals surface area contributed by atoms with E-state index in [-0.39, 0.29) is 36.4 Å². The van der Waals surface area contributed by atoms with Gasteiger partial charge < -0.3 is 19.9 Å². The summed E-state index contributed by atoms with van der Waals surface area (Å²) in [4.78, 5) is 31.0. The number of para-hydroxylation sites is 1. The van der Waals surface area contributed by atoms with E-state index in [1.165, 1.54) is 7.11 Å². The number of carbonyl (C=O) groups excluding carboxylic acids is 1. The number of urea groups is 1. The van der Waals surface area contributed by atoms with E-state index in [9.17, 15) is 19.1 Å². The Hall–Kier alpha value is -3.36. The molecular formula is C25H32FN3O5. The van der Waals surface area contributed by atoms with Gasteiger partial charge in [0.2, 0.25) is 11.8 Å². The lowest BCUT2D eigenvalue weighted by Crippen LogP contribution is -2.46. The SMILES string of the molecule is COc1ccc(NC(=O)N(c2ccccc2C(C)C)C2CCC(C(=O)O)CC2)c(OCCF)n1. The first kappa shape index (κ1) is 25.3. The number of amides is 2. The predicted octanol–water partition coefficient (Wildman–Crippen LogP) is 5.24. The van der Waals surface area contributed by atoms with Crippen molar-refractivity contribution in [1.29, 1.82) is 0 Å². The summed E-state index contributed by atoms with van der Waals surface area (Å²) in [6.07, 6.45) is 2.15. The van der Waals surface area contributed by atoms with Crippen LogP contribution in [0.1, 0.15) is 51.0 Å². The van der Waals surface area contributed by atoms with Crippen LogP contribution >= 0.6 is 0 Å². The summed E-state index contributed by atoms with van der Waals surface area (Å²) in [5.74, 6) is -0.671. The largest absolute Gasteiger partial charge is 0.481 e. The van der Waals surface area contributed by atoms with Gasteiger partial charge >= 0.3 is 12.0 Å². The highest BCUT2D eigenvalue weighted by molar-refractivity contribution is 6.03. The summed E-state index contributed by atoms with van der Waals surface area (Å²) in [6.45, 7) is 3.22. The number of alkyl halides is 1. The van der Waals surface area contributed by atoms with E-state index in [2.05, 4.69) is 24.1 Å². The molecule has 0 saturated heterocycles. The standard InChI is InChI=1S/C25H32FN3O5/c1-16(2)19-6-4-5-7-21(19)29(18-10-8-17(9-11-18)24(30)31)25(32)27-20-12-13-22(33-3)28-23(20)34-15-14-26/h4-7,12-13,16-18H,8-11,14-15H2,1-3H3,(H,27,32)(H,30,31). The minimum atomic E-state index is -0.795. The first-order valence-electron chi connectivity index (χ1n) is 11.5. The molecule has 0 radical (unpaired) electrons. The number of methoxy groups -OCH3 is 1. The lowest BCUT2D eigenvalue weighted by Gasteiger charge is -2.37. The number of rotatable bonds is 9. The molecule has 2 amide bonds. The number of benzene rings is 1. The van der Waals surface area contributed by atoms with Crippen molar-refractivity contribution < 1.29 is 28.6 Å². The molecule has 1 fully saturated rings. The van der Waals surface area contributed by atoms with E-state index in [0.29, 0.717) is 31.4 Å². The number of carbonyl (C=O) groups is 2. The fourth-order valence-corrected chi connectivity index (χ4v) is 4.30. The van der Waals surface area contributed by atoms with Crippen molar-refractivity contribution in [3.8, 4) is 11.8 Å². The van der Waals surface area contributed by atoms with Crippen LogP contribution in [0.25, 0.3) is 0 Å². The zero-order valence-electron chi connectivity index (χ0n) is 19.8. The number of pyridine rings is 1. The second-order valence-corrected chi connectivity index (χ2v) is 8.60. The number of hydrogen-bond acceptors (Lipinski definition) is 5. The van der Waals surface area contributed by atoms with Gasteiger partial charge in [-0.2, -0.15) is 4.98 Å². The van der Waals surface area contributed by atoms with Crippen molar-refractivity contribution in [2.45, 2.75) is 51.5 Å². The molecule has 2 aromatic rings. The lowest BCUT2D eigenvalue weighted by molar-refractivity contribution is -0.142. The van der Waals surface area contributed by atoms with E-state index in [4.69, 9.17) is 9.47 Å². The maximum atomic E-state index is 13.7. The van der Waals surface area contributed by atoms with Gasteiger partial charge in [0.1, 0.15) is 19.0 Å². The number of nitrogens with one attached hydrogen (secondary N) is 1. The highest BCUT2D eigenvalue weighted by Crippen LogP contribution is 2.36. The number of carboxylic acids is 1. The molecule has 1 aromatic carbocycles. The summed E-state index contributed by atoms with van der Waals surface area (Å²) < 4.78 is 23.3. The van der Waals surface area contributed by atoms with Gasteiger partial charge in [-0.1, -0.05) is 32.0 Å². The van der Waals surface area contributed by atoms with Crippen LogP contribution < -0.4 is 19.7 Å². The molecule has 184 valence electrons. The van der Waals surface area contributed by atoms with Crippen LogP contribution in [-0.2, 0) is 4.79 Å². The third-order valence-electron chi connectivity index (χ3n) is 6.05. The number of nitrogens with zero attached hydrogens (tertiary/aromatic N) is 2. The first-order valence-corrected chi connectivity index (χ1v) is 11.5. The number of halogens is 1. The molecule has 1 aromatic heterocycles. The monoisotopic (exact) mass is 473 g/mol. The Bertz CT molecular complexity index is 992. The van der Waals surface area contributed by atoms with Crippen LogP contribution in [0.5, 0.6) is 11.8 Å². The topological polar surface area (TPSA) is 101 Å². The number of aliphatic carboxylic acids is 1. The Balaban J connectivity index is 1.94. The summed E-state index contributed by atoms with van der Waals surface area (Å²) >= 11 is 0. The van der Waals surface area contributed by atoms with Crippen LogP contribution in [0, 0.1) is 5.92 Å². The quantitative estimate of drug-likeness (QED) is 0.516. The molecule has 1 saturated carbocycles. The zero-order valence-corrected chi connectivity index (χ0v) is 19.8. The number of ether oxygens (including phenoxy) is 2. The molecule has 8 nitrogen and oxygen atoms in total. The van der Waals surface area contributed by atoms with Gasteiger partial charge in [-0.3, -0.25) is 9.69 Å². The average Bonchev–Trinajstić information content (AvgIpc) is 2.84. The normalized spacial score (nSPS) is 17.8. The number of carboxylic acid groups (broad SMARTS) is 1. The van der Waals surface area contributed by atoms with Gasteiger partial charge in [0.25, 0.3) is 0 Å². The van der Waals surface area contributed by atoms with E-state index in [1.54, 1.807) is 17.0 Å². The Labute approximate surface area is 199 Å². The van der Waals surface area contributed by atoms with Gasteiger partial charge in [-0.15, -0.1) is 0 Å². The highest BCUT2D eigenvalue weighted by Gasteiger charge is 2.34. The van der Waals surface area contributed by atoms with Crippen LogP contribution in [-0.4, -0.2) is 48.5 Å². The smallest absolute Gasteiger partial charge is 0.326 e. The Morgan fingerprint density at radius 3 is 2.50 bits per heavy atom. The van der Waals surface area contributed by atoms with Gasteiger partial charge in [0.05, 0.1) is 13.0 Å². The molecule has 2 N–H and O–H groups in total. The lowest BCUT2D eigenvalue weighted by atomic mass is 9.85. The summed E-state index contributed by atoms with van der Waals surface area (Å²) in [5, 5.41) is 12.3. The minimum Gasteiger partial charge on any atom is -0.481 e. The van der Waals surface area contributed by atoms with Crippen molar-refractivity contribution in [2.24, 2.45) is 5.92 Å². The average molecular weight is 474 g/mol. The van der Waals surface area contributed by atoms with Gasteiger partial charge in [-0.25, -0.2) is 9.18 Å². The maximum Gasteiger partial charge on any atom is 0.326 e. The predicted molar refractivity (Wildman–Crippen MR) is 128 cm³/mol. The second kappa shape index (κ2) is 11.7. The summed E-state index contributed by atoms with van der Waals surface area (Å²) in [5.41, 5.74) is 2.09.